The van der Waals surface area contributed by atoms with Crippen LogP contribution in [-0.2, 0) is 5.41 Å². The first-order valence-electron chi connectivity index (χ1n) is 6.52. The number of nitrogens with one attached hydrogen (secondary N) is 2. The van der Waals surface area contributed by atoms with E-state index in [4.69, 9.17) is 0 Å². The maximum Gasteiger partial charge on any atom is 0.00791 e. The monoisotopic (exact) mass is 234 g/mol. The Morgan fingerprint density at radius 3 is 2.29 bits per heavy atom. The van der Waals surface area contributed by atoms with Crippen LogP contribution in [0.3, 0.4) is 0 Å². The van der Waals surface area contributed by atoms with Crippen LogP contribution in [0, 0.1) is 0 Å². The molecule has 0 saturated carbocycles. The van der Waals surface area contributed by atoms with E-state index in [2.05, 4.69) is 68.7 Å². The zero-order valence-electron chi connectivity index (χ0n) is 11.6. The van der Waals surface area contributed by atoms with E-state index in [-0.39, 0.29) is 5.41 Å². The third kappa shape index (κ3) is 5.33. The average Bonchev–Trinajstić information content (AvgIpc) is 2.29. The van der Waals surface area contributed by atoms with Crippen LogP contribution in [0.5, 0.6) is 0 Å². The zero-order chi connectivity index (χ0) is 12.7. The molecule has 2 N–H and O–H groups in total. The second-order valence-corrected chi connectivity index (χ2v) is 5.54. The average molecular weight is 234 g/mol. The second kappa shape index (κ2) is 6.77. The van der Waals surface area contributed by atoms with E-state index in [0.717, 1.165) is 19.6 Å². The minimum Gasteiger partial charge on any atom is -0.315 e. The van der Waals surface area contributed by atoms with E-state index in [1.807, 2.05) is 0 Å². The zero-order valence-corrected chi connectivity index (χ0v) is 11.6. The molecule has 1 aromatic carbocycles. The molecule has 0 unspecified atom stereocenters. The SMILES string of the molecule is CC(C)NCCNCC(C)(C)c1ccccc1. The van der Waals surface area contributed by atoms with Gasteiger partial charge in [-0.3, -0.25) is 0 Å². The van der Waals surface area contributed by atoms with Crippen LogP contribution in [-0.4, -0.2) is 25.7 Å². The first-order valence-corrected chi connectivity index (χ1v) is 6.52. The third-order valence-electron chi connectivity index (χ3n) is 2.98. The highest BCUT2D eigenvalue weighted by Crippen LogP contribution is 2.21. The summed E-state index contributed by atoms with van der Waals surface area (Å²) >= 11 is 0. The van der Waals surface area contributed by atoms with Crippen LogP contribution in [0.1, 0.15) is 33.3 Å². The molecule has 2 heteroatoms. The Morgan fingerprint density at radius 1 is 1.06 bits per heavy atom. The molecule has 0 aromatic heterocycles. The van der Waals surface area contributed by atoms with E-state index in [9.17, 15) is 0 Å². The summed E-state index contributed by atoms with van der Waals surface area (Å²) in [6.45, 7) is 12.0. The lowest BCUT2D eigenvalue weighted by atomic mass is 9.85. The predicted octanol–water partition coefficient (Wildman–Crippen LogP) is 2.55. The van der Waals surface area contributed by atoms with Crippen molar-refractivity contribution >= 4 is 0 Å². The van der Waals surface area contributed by atoms with Gasteiger partial charge in [-0.15, -0.1) is 0 Å². The lowest BCUT2D eigenvalue weighted by molar-refractivity contribution is 0.459. The van der Waals surface area contributed by atoms with Gasteiger partial charge in [0.15, 0.2) is 0 Å². The lowest BCUT2D eigenvalue weighted by Gasteiger charge is -2.26. The van der Waals surface area contributed by atoms with Crippen molar-refractivity contribution in [3.8, 4) is 0 Å². The first-order chi connectivity index (χ1) is 8.02. The molecule has 0 fully saturated rings. The Hall–Kier alpha value is -0.860. The standard InChI is InChI=1S/C15H26N2/c1-13(2)17-11-10-16-12-15(3,4)14-8-6-5-7-9-14/h5-9,13,16-17H,10-12H2,1-4H3. The summed E-state index contributed by atoms with van der Waals surface area (Å²) in [5, 5.41) is 6.93. The van der Waals surface area contributed by atoms with E-state index < -0.39 is 0 Å². The van der Waals surface area contributed by atoms with Gasteiger partial charge < -0.3 is 10.6 Å². The molecular formula is C15H26N2. The predicted molar refractivity (Wildman–Crippen MR) is 75.5 cm³/mol. The molecule has 17 heavy (non-hydrogen) atoms. The van der Waals surface area contributed by atoms with Gasteiger partial charge in [-0.05, 0) is 5.56 Å². The minimum atomic E-state index is 0.194. The van der Waals surface area contributed by atoms with Crippen LogP contribution in [0.4, 0.5) is 0 Å². The summed E-state index contributed by atoms with van der Waals surface area (Å²) in [5.74, 6) is 0. The molecule has 0 amide bonds. The molecule has 0 aliphatic heterocycles. The molecule has 1 rings (SSSR count). The van der Waals surface area contributed by atoms with Crippen molar-refractivity contribution in [1.82, 2.24) is 10.6 Å². The summed E-state index contributed by atoms with van der Waals surface area (Å²) in [5.41, 5.74) is 1.59. The van der Waals surface area contributed by atoms with E-state index >= 15 is 0 Å². The Kier molecular flexibility index (Phi) is 5.66. The summed E-state index contributed by atoms with van der Waals surface area (Å²) in [6, 6.07) is 11.3. The highest BCUT2D eigenvalue weighted by Gasteiger charge is 2.19. The lowest BCUT2D eigenvalue weighted by Crippen LogP contribution is -2.38. The maximum atomic E-state index is 3.52. The van der Waals surface area contributed by atoms with Crippen molar-refractivity contribution in [3.63, 3.8) is 0 Å². The molecule has 0 aliphatic carbocycles. The number of hydrogen-bond acceptors (Lipinski definition) is 2. The molecule has 0 atom stereocenters. The normalized spacial score (nSPS) is 12.1. The van der Waals surface area contributed by atoms with Gasteiger partial charge in [-0.2, -0.15) is 0 Å². The van der Waals surface area contributed by atoms with Gasteiger partial charge in [-0.25, -0.2) is 0 Å². The molecule has 0 bridgehead atoms. The van der Waals surface area contributed by atoms with Crippen molar-refractivity contribution in [2.75, 3.05) is 19.6 Å². The van der Waals surface area contributed by atoms with Gasteiger partial charge in [0.1, 0.15) is 0 Å². The summed E-state index contributed by atoms with van der Waals surface area (Å²) in [7, 11) is 0. The van der Waals surface area contributed by atoms with Crippen LogP contribution in [0.15, 0.2) is 30.3 Å². The fraction of sp³-hybridized carbons (Fsp3) is 0.600. The highest BCUT2D eigenvalue weighted by atomic mass is 15.0. The fourth-order valence-corrected chi connectivity index (χ4v) is 1.84. The second-order valence-electron chi connectivity index (χ2n) is 5.54. The summed E-state index contributed by atoms with van der Waals surface area (Å²) in [6.07, 6.45) is 0. The number of benzene rings is 1. The maximum absolute atomic E-state index is 3.52. The number of rotatable bonds is 7. The van der Waals surface area contributed by atoms with Crippen LogP contribution in [0.2, 0.25) is 0 Å². The van der Waals surface area contributed by atoms with Crippen molar-refractivity contribution < 1.29 is 0 Å². The van der Waals surface area contributed by atoms with Gasteiger partial charge in [0.25, 0.3) is 0 Å². The first kappa shape index (κ1) is 14.2. The van der Waals surface area contributed by atoms with Crippen molar-refractivity contribution in [3.05, 3.63) is 35.9 Å². The molecule has 0 heterocycles. The van der Waals surface area contributed by atoms with Gasteiger partial charge >= 0.3 is 0 Å². The summed E-state index contributed by atoms with van der Waals surface area (Å²) in [4.78, 5) is 0. The van der Waals surface area contributed by atoms with Crippen LogP contribution < -0.4 is 10.6 Å². The van der Waals surface area contributed by atoms with Crippen LogP contribution >= 0.6 is 0 Å². The number of hydrogen-bond donors (Lipinski definition) is 2. The minimum absolute atomic E-state index is 0.194. The smallest absolute Gasteiger partial charge is 0.00791 e. The third-order valence-corrected chi connectivity index (χ3v) is 2.98. The Morgan fingerprint density at radius 2 is 1.71 bits per heavy atom. The van der Waals surface area contributed by atoms with Crippen molar-refractivity contribution in [2.45, 2.75) is 39.2 Å². The Labute approximate surface area is 106 Å². The van der Waals surface area contributed by atoms with Crippen molar-refractivity contribution in [1.29, 1.82) is 0 Å². The summed E-state index contributed by atoms with van der Waals surface area (Å²) < 4.78 is 0. The van der Waals surface area contributed by atoms with Gasteiger partial charge in [0.05, 0.1) is 0 Å². The molecule has 0 aliphatic rings. The van der Waals surface area contributed by atoms with Crippen molar-refractivity contribution in [2.24, 2.45) is 0 Å². The molecule has 0 spiro atoms. The molecule has 0 saturated heterocycles. The Balaban J connectivity index is 2.30. The highest BCUT2D eigenvalue weighted by molar-refractivity contribution is 5.23. The van der Waals surface area contributed by atoms with Gasteiger partial charge in [0.2, 0.25) is 0 Å². The fourth-order valence-electron chi connectivity index (χ4n) is 1.84. The molecular weight excluding hydrogens is 208 g/mol. The largest absolute Gasteiger partial charge is 0.315 e. The van der Waals surface area contributed by atoms with E-state index in [1.165, 1.54) is 5.56 Å². The molecule has 96 valence electrons. The van der Waals surface area contributed by atoms with E-state index in [0.29, 0.717) is 6.04 Å². The molecule has 2 nitrogen and oxygen atoms in total. The quantitative estimate of drug-likeness (QED) is 0.709. The topological polar surface area (TPSA) is 24.1 Å². The van der Waals surface area contributed by atoms with Gasteiger partial charge in [0, 0.05) is 31.1 Å². The Bertz CT molecular complexity index is 304. The van der Waals surface area contributed by atoms with E-state index in [1.54, 1.807) is 0 Å². The van der Waals surface area contributed by atoms with Gasteiger partial charge in [-0.1, -0.05) is 58.0 Å². The molecule has 0 radical (unpaired) electrons. The molecule has 1 aromatic rings. The van der Waals surface area contributed by atoms with Crippen LogP contribution in [0.25, 0.3) is 0 Å².